The molecule has 0 bridgehead atoms. The lowest BCUT2D eigenvalue weighted by molar-refractivity contribution is -0.146. The molecule has 1 aliphatic heterocycles. The molecule has 0 saturated carbocycles. The standard InChI is InChI=1S/C31H32ClNO5/c1-31(2,3)22-11-14-24-26(18-22)29(36)33(28(24)35)17-16-25(30(37)38)27(34)15-6-19-4-7-20(8-5-19)21-9-12-23(32)13-10-21/h4-5,7-14,18,25,27,34H,6,15-17H2,1-3H3,(H,37,38). The van der Waals surface area contributed by atoms with Crippen molar-refractivity contribution < 1.29 is 24.6 Å². The number of aliphatic hydroxyl groups excluding tert-OH is 1. The monoisotopic (exact) mass is 533 g/mol. The highest BCUT2D eigenvalue weighted by Crippen LogP contribution is 2.30. The number of aliphatic hydroxyl groups is 1. The van der Waals surface area contributed by atoms with Crippen LogP contribution >= 0.6 is 11.6 Å². The van der Waals surface area contributed by atoms with Crippen LogP contribution in [0.1, 0.15) is 65.5 Å². The molecule has 0 fully saturated rings. The van der Waals surface area contributed by atoms with Crippen molar-refractivity contribution in [3.05, 3.63) is 94.0 Å². The van der Waals surface area contributed by atoms with Gasteiger partial charge in [0.15, 0.2) is 0 Å². The summed E-state index contributed by atoms with van der Waals surface area (Å²) in [6, 6.07) is 20.7. The quantitative estimate of drug-likeness (QED) is 0.330. The van der Waals surface area contributed by atoms with Crippen molar-refractivity contribution in [3.8, 4) is 11.1 Å². The summed E-state index contributed by atoms with van der Waals surface area (Å²) in [5.74, 6) is -3.10. The van der Waals surface area contributed by atoms with Crippen molar-refractivity contribution in [2.24, 2.45) is 5.92 Å². The lowest BCUT2D eigenvalue weighted by atomic mass is 9.85. The number of carboxylic acids is 1. The van der Waals surface area contributed by atoms with Crippen molar-refractivity contribution >= 4 is 29.4 Å². The number of nitrogens with zero attached hydrogens (tertiary/aromatic N) is 1. The van der Waals surface area contributed by atoms with Crippen LogP contribution in [0, 0.1) is 5.92 Å². The molecular weight excluding hydrogens is 502 g/mol. The van der Waals surface area contributed by atoms with Crippen molar-refractivity contribution in [3.63, 3.8) is 0 Å². The van der Waals surface area contributed by atoms with Crippen molar-refractivity contribution in [2.45, 2.75) is 51.6 Å². The van der Waals surface area contributed by atoms with Gasteiger partial charge in [-0.2, -0.15) is 0 Å². The number of benzene rings is 3. The molecule has 6 nitrogen and oxygen atoms in total. The Morgan fingerprint density at radius 3 is 2.03 bits per heavy atom. The lowest BCUT2D eigenvalue weighted by Gasteiger charge is -2.22. The Morgan fingerprint density at radius 1 is 0.868 bits per heavy atom. The number of hydrogen-bond donors (Lipinski definition) is 2. The zero-order valence-electron chi connectivity index (χ0n) is 21.8. The molecule has 0 radical (unpaired) electrons. The topological polar surface area (TPSA) is 94.9 Å². The first-order valence-electron chi connectivity index (χ1n) is 12.7. The molecule has 0 aromatic heterocycles. The van der Waals surface area contributed by atoms with E-state index in [2.05, 4.69) is 0 Å². The van der Waals surface area contributed by atoms with Gasteiger partial charge in [0, 0.05) is 11.6 Å². The van der Waals surface area contributed by atoms with E-state index in [1.807, 2.05) is 75.4 Å². The van der Waals surface area contributed by atoms with Gasteiger partial charge >= 0.3 is 5.97 Å². The highest BCUT2D eigenvalue weighted by molar-refractivity contribution is 6.30. The minimum Gasteiger partial charge on any atom is -0.481 e. The molecule has 3 aromatic carbocycles. The number of carbonyl (C=O) groups excluding carboxylic acids is 2. The summed E-state index contributed by atoms with van der Waals surface area (Å²) >= 11 is 5.96. The van der Waals surface area contributed by atoms with E-state index in [0.29, 0.717) is 22.6 Å². The molecule has 0 saturated heterocycles. The summed E-state index contributed by atoms with van der Waals surface area (Å²) in [6.45, 7) is 6.02. The predicted molar refractivity (Wildman–Crippen MR) is 147 cm³/mol. The molecule has 3 aromatic rings. The number of fused-ring (bicyclic) bond motifs is 1. The van der Waals surface area contributed by atoms with E-state index < -0.39 is 29.8 Å². The second-order valence-corrected chi connectivity index (χ2v) is 11.3. The zero-order chi connectivity index (χ0) is 27.6. The van der Waals surface area contributed by atoms with Crippen LogP contribution in [0.15, 0.2) is 66.7 Å². The Kier molecular flexibility index (Phi) is 8.05. The maximum Gasteiger partial charge on any atom is 0.309 e. The summed E-state index contributed by atoms with van der Waals surface area (Å²) in [7, 11) is 0. The smallest absolute Gasteiger partial charge is 0.309 e. The first-order chi connectivity index (χ1) is 18.0. The fourth-order valence-corrected chi connectivity index (χ4v) is 4.86. The van der Waals surface area contributed by atoms with Crippen LogP contribution in [0.2, 0.25) is 5.02 Å². The second kappa shape index (κ2) is 11.1. The molecular formula is C31H32ClNO5. The van der Waals surface area contributed by atoms with E-state index in [-0.39, 0.29) is 24.8 Å². The number of carboxylic acid groups (broad SMARTS) is 1. The summed E-state index contributed by atoms with van der Waals surface area (Å²) in [6.07, 6.45) is -0.405. The van der Waals surface area contributed by atoms with Gasteiger partial charge in [0.1, 0.15) is 0 Å². The first-order valence-corrected chi connectivity index (χ1v) is 13.1. The molecule has 2 N–H and O–H groups in total. The average Bonchev–Trinajstić information content (AvgIpc) is 3.12. The van der Waals surface area contributed by atoms with Crippen molar-refractivity contribution in [1.82, 2.24) is 4.90 Å². The molecule has 7 heteroatoms. The van der Waals surface area contributed by atoms with Gasteiger partial charge in [0.05, 0.1) is 23.1 Å². The number of imide groups is 1. The third-order valence-electron chi connectivity index (χ3n) is 7.14. The number of aryl methyl sites for hydroxylation is 1. The third kappa shape index (κ3) is 5.98. The summed E-state index contributed by atoms with van der Waals surface area (Å²) in [5, 5.41) is 21.2. The third-order valence-corrected chi connectivity index (χ3v) is 7.39. The van der Waals surface area contributed by atoms with Gasteiger partial charge in [-0.1, -0.05) is 74.8 Å². The highest BCUT2D eigenvalue weighted by Gasteiger charge is 2.37. The summed E-state index contributed by atoms with van der Waals surface area (Å²) < 4.78 is 0. The van der Waals surface area contributed by atoms with Crippen LogP contribution in [0.5, 0.6) is 0 Å². The van der Waals surface area contributed by atoms with E-state index in [1.54, 1.807) is 12.1 Å². The first kappa shape index (κ1) is 27.6. The molecule has 0 aliphatic carbocycles. The molecule has 198 valence electrons. The van der Waals surface area contributed by atoms with Gasteiger partial charge < -0.3 is 10.2 Å². The van der Waals surface area contributed by atoms with Gasteiger partial charge in [-0.25, -0.2) is 0 Å². The normalized spacial score (nSPS) is 14.9. The number of hydrogen-bond acceptors (Lipinski definition) is 4. The summed E-state index contributed by atoms with van der Waals surface area (Å²) in [4.78, 5) is 38.9. The van der Waals surface area contributed by atoms with E-state index >= 15 is 0 Å². The Labute approximate surface area is 227 Å². The molecule has 4 rings (SSSR count). The maximum atomic E-state index is 13.0. The van der Waals surface area contributed by atoms with E-state index in [9.17, 15) is 24.6 Å². The SMILES string of the molecule is CC(C)(C)c1ccc2c(c1)C(=O)N(CCC(C(=O)O)C(O)CCc1ccc(-c3ccc(Cl)cc3)cc1)C2=O. The van der Waals surface area contributed by atoms with Gasteiger partial charge in [-0.3, -0.25) is 19.3 Å². The number of halogens is 1. The molecule has 2 amide bonds. The predicted octanol–water partition coefficient (Wildman–Crippen LogP) is 5.99. The average molecular weight is 534 g/mol. The van der Waals surface area contributed by atoms with Gasteiger partial charge in [0.25, 0.3) is 11.8 Å². The van der Waals surface area contributed by atoms with Crippen LogP contribution < -0.4 is 0 Å². The number of aliphatic carboxylic acids is 1. The number of carbonyl (C=O) groups is 3. The lowest BCUT2D eigenvalue weighted by Crippen LogP contribution is -2.36. The molecule has 2 unspecified atom stereocenters. The number of amides is 2. The maximum absolute atomic E-state index is 13.0. The fraction of sp³-hybridized carbons (Fsp3) is 0.323. The van der Waals surface area contributed by atoms with Crippen LogP contribution in [0.4, 0.5) is 0 Å². The number of rotatable bonds is 9. The Hall–Kier alpha value is -3.48. The highest BCUT2D eigenvalue weighted by atomic mass is 35.5. The molecule has 1 heterocycles. The molecule has 0 spiro atoms. The summed E-state index contributed by atoms with van der Waals surface area (Å²) in [5.41, 5.74) is 4.48. The Morgan fingerprint density at radius 2 is 1.45 bits per heavy atom. The van der Waals surface area contributed by atoms with Crippen LogP contribution in [-0.4, -0.2) is 45.5 Å². The second-order valence-electron chi connectivity index (χ2n) is 10.8. The Bertz CT molecular complexity index is 1340. The molecule has 1 aliphatic rings. The van der Waals surface area contributed by atoms with Gasteiger partial charge in [-0.05, 0) is 71.2 Å². The minimum absolute atomic E-state index is 0.0242. The van der Waals surface area contributed by atoms with Gasteiger partial charge in [-0.15, -0.1) is 0 Å². The Balaban J connectivity index is 1.36. The molecule has 38 heavy (non-hydrogen) atoms. The van der Waals surface area contributed by atoms with Crippen molar-refractivity contribution in [2.75, 3.05) is 6.54 Å². The van der Waals surface area contributed by atoms with E-state index in [4.69, 9.17) is 11.6 Å². The van der Waals surface area contributed by atoms with E-state index in [1.165, 1.54) is 0 Å². The van der Waals surface area contributed by atoms with Crippen molar-refractivity contribution in [1.29, 1.82) is 0 Å². The van der Waals surface area contributed by atoms with E-state index in [0.717, 1.165) is 27.2 Å². The van der Waals surface area contributed by atoms with Gasteiger partial charge in [0.2, 0.25) is 0 Å². The minimum atomic E-state index is -1.15. The van der Waals surface area contributed by atoms with Crippen LogP contribution in [0.25, 0.3) is 11.1 Å². The zero-order valence-corrected chi connectivity index (χ0v) is 22.5. The molecule has 2 atom stereocenters. The van der Waals surface area contributed by atoms with Crippen LogP contribution in [-0.2, 0) is 16.6 Å². The van der Waals surface area contributed by atoms with Crippen LogP contribution in [0.3, 0.4) is 0 Å². The fourth-order valence-electron chi connectivity index (χ4n) is 4.73. The largest absolute Gasteiger partial charge is 0.481 e.